The normalized spacial score (nSPS) is 12.5. The van der Waals surface area contributed by atoms with Crippen molar-refractivity contribution in [1.82, 2.24) is 4.98 Å². The predicted octanol–water partition coefficient (Wildman–Crippen LogP) is 2.16. The van der Waals surface area contributed by atoms with Crippen molar-refractivity contribution in [3.8, 4) is 17.2 Å². The number of benzene rings is 1. The van der Waals surface area contributed by atoms with Gasteiger partial charge in [-0.1, -0.05) is 6.07 Å². The monoisotopic (exact) mass is 272 g/mol. The minimum Gasteiger partial charge on any atom is -0.487 e. The van der Waals surface area contributed by atoms with E-state index < -0.39 is 0 Å². The van der Waals surface area contributed by atoms with Crippen molar-refractivity contribution < 1.29 is 14.2 Å². The average molecular weight is 272 g/mol. The largest absolute Gasteiger partial charge is 0.487 e. The van der Waals surface area contributed by atoms with Gasteiger partial charge in [0.2, 0.25) is 6.79 Å². The Morgan fingerprint density at radius 1 is 1.25 bits per heavy atom. The Bertz CT molecular complexity index is 629. The third-order valence-electron chi connectivity index (χ3n) is 3.10. The van der Waals surface area contributed by atoms with E-state index in [-0.39, 0.29) is 6.79 Å². The maximum Gasteiger partial charge on any atom is 0.231 e. The van der Waals surface area contributed by atoms with E-state index in [4.69, 9.17) is 19.9 Å². The number of hydrogen-bond donors (Lipinski definition) is 1. The van der Waals surface area contributed by atoms with Crippen LogP contribution in [0.4, 0.5) is 0 Å². The molecule has 104 valence electrons. The number of fused-ring (bicyclic) bond motifs is 1. The zero-order valence-corrected chi connectivity index (χ0v) is 11.3. The van der Waals surface area contributed by atoms with Gasteiger partial charge in [0.25, 0.3) is 0 Å². The molecule has 5 heteroatoms. The highest BCUT2D eigenvalue weighted by molar-refractivity contribution is 5.51. The molecular weight excluding hydrogens is 256 g/mol. The lowest BCUT2D eigenvalue weighted by Crippen LogP contribution is -2.04. The lowest BCUT2D eigenvalue weighted by Gasteiger charge is -2.11. The van der Waals surface area contributed by atoms with Crippen LogP contribution >= 0.6 is 0 Å². The van der Waals surface area contributed by atoms with Crippen LogP contribution < -0.4 is 19.9 Å². The summed E-state index contributed by atoms with van der Waals surface area (Å²) in [6.07, 6.45) is 0. The zero-order chi connectivity index (χ0) is 13.9. The van der Waals surface area contributed by atoms with Gasteiger partial charge in [-0.15, -0.1) is 0 Å². The van der Waals surface area contributed by atoms with Gasteiger partial charge in [-0.05, 0) is 25.1 Å². The van der Waals surface area contributed by atoms with Gasteiger partial charge < -0.3 is 19.9 Å². The first kappa shape index (κ1) is 12.7. The van der Waals surface area contributed by atoms with Crippen molar-refractivity contribution in [2.24, 2.45) is 5.73 Å². The Balaban J connectivity index is 1.80. The van der Waals surface area contributed by atoms with Crippen LogP contribution in [0.1, 0.15) is 17.0 Å². The maximum atomic E-state index is 5.82. The van der Waals surface area contributed by atoms with E-state index in [0.717, 1.165) is 17.0 Å². The Kier molecular flexibility index (Phi) is 3.43. The first-order chi connectivity index (χ1) is 9.76. The minimum absolute atomic E-state index is 0.238. The molecule has 0 unspecified atom stereocenters. The van der Waals surface area contributed by atoms with Crippen molar-refractivity contribution in [2.45, 2.75) is 20.1 Å². The van der Waals surface area contributed by atoms with Crippen molar-refractivity contribution in [1.29, 1.82) is 0 Å². The standard InChI is InChI=1S/C15H16N2O3/c1-10-3-2-4-12(17-10)8-18-13-6-15-14(19-9-20-15)5-11(13)7-16/h2-6H,7-9,16H2,1H3. The molecule has 0 atom stereocenters. The van der Waals surface area contributed by atoms with Crippen LogP contribution in [0.25, 0.3) is 0 Å². The smallest absolute Gasteiger partial charge is 0.231 e. The number of rotatable bonds is 4. The number of ether oxygens (including phenoxy) is 3. The quantitative estimate of drug-likeness (QED) is 0.923. The number of nitrogens with zero attached hydrogens (tertiary/aromatic N) is 1. The summed E-state index contributed by atoms with van der Waals surface area (Å²) < 4.78 is 16.5. The van der Waals surface area contributed by atoms with Crippen molar-refractivity contribution in [3.05, 3.63) is 47.3 Å². The van der Waals surface area contributed by atoms with Crippen molar-refractivity contribution in [3.63, 3.8) is 0 Å². The summed E-state index contributed by atoms with van der Waals surface area (Å²) in [4.78, 5) is 4.40. The van der Waals surface area contributed by atoms with Gasteiger partial charge >= 0.3 is 0 Å². The third kappa shape index (κ3) is 2.53. The molecule has 0 spiro atoms. The molecule has 1 aliphatic heterocycles. The molecule has 0 radical (unpaired) electrons. The summed E-state index contributed by atoms with van der Waals surface area (Å²) in [7, 11) is 0. The molecule has 1 aromatic heterocycles. The number of hydrogen-bond acceptors (Lipinski definition) is 5. The fourth-order valence-electron chi connectivity index (χ4n) is 2.09. The summed E-state index contributed by atoms with van der Waals surface area (Å²) in [6.45, 7) is 2.97. The number of nitrogens with two attached hydrogens (primary N) is 1. The van der Waals surface area contributed by atoms with Crippen molar-refractivity contribution in [2.75, 3.05) is 6.79 Å². The second-order valence-electron chi connectivity index (χ2n) is 4.58. The molecule has 0 fully saturated rings. The van der Waals surface area contributed by atoms with Crippen LogP contribution in [0, 0.1) is 6.92 Å². The first-order valence-electron chi connectivity index (χ1n) is 6.44. The van der Waals surface area contributed by atoms with E-state index in [1.807, 2.05) is 37.3 Å². The van der Waals surface area contributed by atoms with Crippen molar-refractivity contribution >= 4 is 0 Å². The summed E-state index contributed by atoms with van der Waals surface area (Å²) in [5, 5.41) is 0. The highest BCUT2D eigenvalue weighted by Crippen LogP contribution is 2.38. The Morgan fingerprint density at radius 2 is 2.05 bits per heavy atom. The Labute approximate surface area is 117 Å². The SMILES string of the molecule is Cc1cccc(COc2cc3c(cc2CN)OCO3)n1. The average Bonchev–Trinajstić information content (AvgIpc) is 2.91. The highest BCUT2D eigenvalue weighted by atomic mass is 16.7. The molecular formula is C15H16N2O3. The van der Waals surface area contributed by atoms with E-state index in [2.05, 4.69) is 4.98 Å². The van der Waals surface area contributed by atoms with E-state index in [0.29, 0.717) is 30.4 Å². The number of aromatic nitrogens is 1. The summed E-state index contributed by atoms with van der Waals surface area (Å²) >= 11 is 0. The molecule has 1 aliphatic rings. The molecule has 2 aromatic rings. The molecule has 3 rings (SSSR count). The minimum atomic E-state index is 0.238. The zero-order valence-electron chi connectivity index (χ0n) is 11.3. The van der Waals surface area contributed by atoms with Crippen LogP contribution in [0.3, 0.4) is 0 Å². The fourth-order valence-corrected chi connectivity index (χ4v) is 2.09. The van der Waals surface area contributed by atoms with Gasteiger partial charge in [-0.2, -0.15) is 0 Å². The highest BCUT2D eigenvalue weighted by Gasteiger charge is 2.17. The summed E-state index contributed by atoms with van der Waals surface area (Å²) in [5.41, 5.74) is 8.49. The van der Waals surface area contributed by atoms with Gasteiger partial charge in [0.1, 0.15) is 12.4 Å². The second kappa shape index (κ2) is 5.38. The van der Waals surface area contributed by atoms with Crippen LogP contribution in [0.2, 0.25) is 0 Å². The Hall–Kier alpha value is -2.27. The van der Waals surface area contributed by atoms with Crippen LogP contribution in [-0.2, 0) is 13.2 Å². The number of aryl methyl sites for hydroxylation is 1. The second-order valence-corrected chi connectivity index (χ2v) is 4.58. The molecule has 0 amide bonds. The molecule has 1 aromatic carbocycles. The van der Waals surface area contributed by atoms with Gasteiger partial charge in [0.15, 0.2) is 11.5 Å². The maximum absolute atomic E-state index is 5.82. The van der Waals surface area contributed by atoms with E-state index >= 15 is 0 Å². The molecule has 0 aliphatic carbocycles. The lowest BCUT2D eigenvalue weighted by atomic mass is 10.2. The van der Waals surface area contributed by atoms with E-state index in [9.17, 15) is 0 Å². The van der Waals surface area contributed by atoms with Gasteiger partial charge in [0, 0.05) is 23.9 Å². The molecule has 2 N–H and O–H groups in total. The van der Waals surface area contributed by atoms with E-state index in [1.54, 1.807) is 0 Å². The number of pyridine rings is 1. The van der Waals surface area contributed by atoms with Gasteiger partial charge in [-0.3, -0.25) is 4.98 Å². The molecule has 5 nitrogen and oxygen atoms in total. The molecule has 0 saturated carbocycles. The van der Waals surface area contributed by atoms with Crippen LogP contribution in [-0.4, -0.2) is 11.8 Å². The molecule has 0 bridgehead atoms. The third-order valence-corrected chi connectivity index (χ3v) is 3.10. The summed E-state index contributed by atoms with van der Waals surface area (Å²) in [6, 6.07) is 9.53. The predicted molar refractivity (Wildman–Crippen MR) is 73.8 cm³/mol. The first-order valence-corrected chi connectivity index (χ1v) is 6.44. The molecule has 2 heterocycles. The van der Waals surface area contributed by atoms with Gasteiger partial charge in [0.05, 0.1) is 5.69 Å². The molecule has 0 saturated heterocycles. The summed E-state index contributed by atoms with van der Waals surface area (Å²) in [5.74, 6) is 2.11. The van der Waals surface area contributed by atoms with Crippen LogP contribution in [0.5, 0.6) is 17.2 Å². The van der Waals surface area contributed by atoms with E-state index in [1.165, 1.54) is 0 Å². The fraction of sp³-hybridized carbons (Fsp3) is 0.267. The molecule has 20 heavy (non-hydrogen) atoms. The lowest BCUT2D eigenvalue weighted by molar-refractivity contribution is 0.173. The Morgan fingerprint density at radius 3 is 2.80 bits per heavy atom. The van der Waals surface area contributed by atoms with Crippen LogP contribution in [0.15, 0.2) is 30.3 Å². The topological polar surface area (TPSA) is 66.6 Å². The van der Waals surface area contributed by atoms with Gasteiger partial charge in [-0.25, -0.2) is 0 Å².